The van der Waals surface area contributed by atoms with E-state index in [1.54, 1.807) is 0 Å². The third-order valence-corrected chi connectivity index (χ3v) is 5.80. The summed E-state index contributed by atoms with van der Waals surface area (Å²) in [5, 5.41) is 11.4. The van der Waals surface area contributed by atoms with Crippen LogP contribution in [0.2, 0.25) is 0 Å². The number of carbonyl (C=O) groups is 1. The topological polar surface area (TPSA) is 49.8 Å². The average Bonchev–Trinajstić information content (AvgIpc) is 3.16. The first-order valence-electron chi connectivity index (χ1n) is 9.27. The first kappa shape index (κ1) is 17.4. The van der Waals surface area contributed by atoms with Crippen molar-refractivity contribution < 1.29 is 14.6 Å². The fourth-order valence-electron chi connectivity index (χ4n) is 4.19. The summed E-state index contributed by atoms with van der Waals surface area (Å²) in [7, 11) is 2.08. The zero-order chi connectivity index (χ0) is 17.0. The van der Waals surface area contributed by atoms with Crippen LogP contribution in [0.3, 0.4) is 0 Å². The van der Waals surface area contributed by atoms with E-state index in [1.807, 2.05) is 30.3 Å². The Morgan fingerprint density at radius 2 is 1.83 bits per heavy atom. The van der Waals surface area contributed by atoms with Gasteiger partial charge in [-0.25, -0.2) is 4.79 Å². The van der Waals surface area contributed by atoms with E-state index >= 15 is 0 Å². The van der Waals surface area contributed by atoms with Crippen LogP contribution in [-0.2, 0) is 15.1 Å². The van der Waals surface area contributed by atoms with Crippen molar-refractivity contribution >= 4 is 5.97 Å². The van der Waals surface area contributed by atoms with E-state index in [-0.39, 0.29) is 12.0 Å². The summed E-state index contributed by atoms with van der Waals surface area (Å²) in [6, 6.07) is 9.60. The molecule has 2 atom stereocenters. The van der Waals surface area contributed by atoms with Crippen molar-refractivity contribution in [2.24, 2.45) is 5.92 Å². The van der Waals surface area contributed by atoms with Gasteiger partial charge in [0.2, 0.25) is 0 Å². The van der Waals surface area contributed by atoms with E-state index in [4.69, 9.17) is 4.74 Å². The summed E-state index contributed by atoms with van der Waals surface area (Å²) in [5.74, 6) is -0.518. The maximum Gasteiger partial charge on any atom is 0.343 e. The summed E-state index contributed by atoms with van der Waals surface area (Å²) in [6.07, 6.45) is 7.33. The number of nitrogens with zero attached hydrogens (tertiary/aromatic N) is 1. The van der Waals surface area contributed by atoms with E-state index < -0.39 is 11.6 Å². The first-order valence-corrected chi connectivity index (χ1v) is 9.27. The maximum absolute atomic E-state index is 12.9. The highest BCUT2D eigenvalue weighted by atomic mass is 16.6. The number of ether oxygens (including phenoxy) is 1. The Bertz CT molecular complexity index is 541. The van der Waals surface area contributed by atoms with E-state index in [1.165, 1.54) is 12.8 Å². The van der Waals surface area contributed by atoms with Gasteiger partial charge in [0.25, 0.3) is 0 Å². The molecule has 132 valence electrons. The van der Waals surface area contributed by atoms with E-state index in [2.05, 4.69) is 11.9 Å². The number of hydrogen-bond donors (Lipinski definition) is 1. The number of esters is 1. The van der Waals surface area contributed by atoms with Gasteiger partial charge in [-0.2, -0.15) is 0 Å². The average molecular weight is 331 g/mol. The molecule has 1 heterocycles. The second-order valence-corrected chi connectivity index (χ2v) is 7.34. The van der Waals surface area contributed by atoms with Gasteiger partial charge in [0.05, 0.1) is 0 Å². The Balaban J connectivity index is 1.74. The van der Waals surface area contributed by atoms with Gasteiger partial charge in [-0.15, -0.1) is 0 Å². The molecule has 0 radical (unpaired) electrons. The van der Waals surface area contributed by atoms with Crippen molar-refractivity contribution in [1.29, 1.82) is 0 Å². The highest BCUT2D eigenvalue weighted by molar-refractivity contribution is 5.81. The minimum atomic E-state index is -1.51. The van der Waals surface area contributed by atoms with Crippen LogP contribution in [0.4, 0.5) is 0 Å². The van der Waals surface area contributed by atoms with Crippen molar-refractivity contribution in [2.75, 3.05) is 20.2 Å². The highest BCUT2D eigenvalue weighted by Crippen LogP contribution is 2.41. The number of aliphatic hydroxyl groups is 1. The summed E-state index contributed by atoms with van der Waals surface area (Å²) >= 11 is 0. The molecule has 0 aromatic heterocycles. The molecule has 3 rings (SSSR count). The molecule has 2 fully saturated rings. The largest absolute Gasteiger partial charge is 0.462 e. The van der Waals surface area contributed by atoms with E-state index in [0.717, 1.165) is 38.6 Å². The van der Waals surface area contributed by atoms with Gasteiger partial charge in [0.15, 0.2) is 5.60 Å². The van der Waals surface area contributed by atoms with Crippen LogP contribution in [0.1, 0.15) is 50.5 Å². The summed E-state index contributed by atoms with van der Waals surface area (Å²) in [4.78, 5) is 15.2. The number of benzene rings is 1. The van der Waals surface area contributed by atoms with Crippen LogP contribution in [0, 0.1) is 5.92 Å². The fraction of sp³-hybridized carbons (Fsp3) is 0.650. The smallest absolute Gasteiger partial charge is 0.343 e. The highest BCUT2D eigenvalue weighted by Gasteiger charge is 2.48. The summed E-state index contributed by atoms with van der Waals surface area (Å²) < 4.78 is 5.65. The number of likely N-dealkylation sites (tertiary alicyclic amines) is 1. The van der Waals surface area contributed by atoms with E-state index in [9.17, 15) is 9.90 Å². The lowest BCUT2D eigenvalue weighted by atomic mass is 9.80. The second kappa shape index (κ2) is 7.66. The van der Waals surface area contributed by atoms with Crippen LogP contribution in [-0.4, -0.2) is 42.2 Å². The standard InChI is InChI=1S/C20H29NO3/c1-21-14-8-7-13-18(21)15-24-19(22)20(23,17-11-5-6-12-17)16-9-3-2-4-10-16/h2-4,9-10,17-18,23H,5-8,11-15H2,1H3/t18-,20+/m1/s1. The van der Waals surface area contributed by atoms with Gasteiger partial charge in [0.1, 0.15) is 6.61 Å². The summed E-state index contributed by atoms with van der Waals surface area (Å²) in [6.45, 7) is 1.42. The van der Waals surface area contributed by atoms with Gasteiger partial charge >= 0.3 is 5.97 Å². The van der Waals surface area contributed by atoms with E-state index in [0.29, 0.717) is 12.2 Å². The second-order valence-electron chi connectivity index (χ2n) is 7.34. The quantitative estimate of drug-likeness (QED) is 0.843. The molecule has 1 aliphatic carbocycles. The van der Waals surface area contributed by atoms with Crippen LogP contribution in [0.5, 0.6) is 0 Å². The van der Waals surface area contributed by atoms with Gasteiger partial charge in [-0.3, -0.25) is 0 Å². The van der Waals surface area contributed by atoms with Crippen LogP contribution in [0.15, 0.2) is 30.3 Å². The third kappa shape index (κ3) is 3.50. The molecule has 2 aliphatic rings. The Labute approximate surface area is 144 Å². The molecule has 4 nitrogen and oxygen atoms in total. The SMILES string of the molecule is CN1CCCC[C@@H]1COC(=O)[C@](O)(c1ccccc1)C1CCCC1. The number of piperidine rings is 1. The van der Waals surface area contributed by atoms with Crippen molar-refractivity contribution in [3.63, 3.8) is 0 Å². The Hall–Kier alpha value is -1.39. The molecule has 0 unspecified atom stereocenters. The molecule has 1 N–H and O–H groups in total. The van der Waals surface area contributed by atoms with Crippen molar-refractivity contribution in [3.05, 3.63) is 35.9 Å². The van der Waals surface area contributed by atoms with Crippen LogP contribution in [0.25, 0.3) is 0 Å². The zero-order valence-electron chi connectivity index (χ0n) is 14.6. The lowest BCUT2D eigenvalue weighted by molar-refractivity contribution is -0.175. The minimum absolute atomic E-state index is 0.0449. The fourth-order valence-corrected chi connectivity index (χ4v) is 4.19. The Morgan fingerprint density at radius 1 is 1.17 bits per heavy atom. The van der Waals surface area contributed by atoms with Gasteiger partial charge < -0.3 is 14.7 Å². The number of rotatable bonds is 5. The molecule has 24 heavy (non-hydrogen) atoms. The Kier molecular flexibility index (Phi) is 5.57. The number of carbonyl (C=O) groups excluding carboxylic acids is 1. The molecule has 4 heteroatoms. The molecule has 0 amide bonds. The minimum Gasteiger partial charge on any atom is -0.462 e. The van der Waals surface area contributed by atoms with Gasteiger partial charge in [0, 0.05) is 12.0 Å². The zero-order valence-corrected chi connectivity index (χ0v) is 14.6. The lowest BCUT2D eigenvalue weighted by Crippen LogP contribution is -2.46. The van der Waals surface area contributed by atoms with Gasteiger partial charge in [-0.1, -0.05) is 49.6 Å². The molecule has 1 saturated carbocycles. The van der Waals surface area contributed by atoms with Gasteiger partial charge in [-0.05, 0) is 44.8 Å². The molecular weight excluding hydrogens is 302 g/mol. The monoisotopic (exact) mass is 331 g/mol. The normalized spacial score (nSPS) is 25.3. The number of hydrogen-bond acceptors (Lipinski definition) is 4. The number of likely N-dealkylation sites (N-methyl/N-ethyl adjacent to an activating group) is 1. The Morgan fingerprint density at radius 3 is 2.50 bits per heavy atom. The lowest BCUT2D eigenvalue weighted by Gasteiger charge is -2.35. The van der Waals surface area contributed by atoms with Crippen LogP contribution < -0.4 is 0 Å². The van der Waals surface area contributed by atoms with Crippen LogP contribution >= 0.6 is 0 Å². The molecular formula is C20H29NO3. The summed E-state index contributed by atoms with van der Waals surface area (Å²) in [5.41, 5.74) is -0.843. The predicted octanol–water partition coefficient (Wildman–Crippen LogP) is 3.09. The van der Waals surface area contributed by atoms with Crippen molar-refractivity contribution in [2.45, 2.75) is 56.6 Å². The molecule has 0 bridgehead atoms. The van der Waals surface area contributed by atoms with Crippen molar-refractivity contribution in [1.82, 2.24) is 4.90 Å². The molecule has 1 aromatic rings. The molecule has 1 saturated heterocycles. The third-order valence-electron chi connectivity index (χ3n) is 5.80. The molecule has 0 spiro atoms. The first-order chi connectivity index (χ1) is 11.6. The molecule has 1 aromatic carbocycles. The maximum atomic E-state index is 12.9. The molecule has 1 aliphatic heterocycles. The predicted molar refractivity (Wildman–Crippen MR) is 93.5 cm³/mol. The van der Waals surface area contributed by atoms with Crippen molar-refractivity contribution in [3.8, 4) is 0 Å².